The summed E-state index contributed by atoms with van der Waals surface area (Å²) in [6.07, 6.45) is 1.72. The van der Waals surface area contributed by atoms with Crippen LogP contribution in [0.3, 0.4) is 0 Å². The van der Waals surface area contributed by atoms with Crippen LogP contribution in [-0.2, 0) is 25.6 Å². The molecule has 5 aromatic rings. The minimum Gasteiger partial charge on any atom is -0.460 e. The molecule has 0 radical (unpaired) electrons. The van der Waals surface area contributed by atoms with Crippen LogP contribution in [0.1, 0.15) is 11.3 Å². The van der Waals surface area contributed by atoms with E-state index in [1.807, 2.05) is 98.8 Å². The first-order valence-corrected chi connectivity index (χ1v) is 13.1. The molecule has 1 atom stereocenters. The molecule has 0 N–H and O–H groups in total. The number of rotatable bonds is 4. The Bertz CT molecular complexity index is 1650. The molecular formula is C30H21N2O2PPt. The van der Waals surface area contributed by atoms with Crippen LogP contribution in [-0.4, -0.2) is 9.97 Å². The third-order valence-corrected chi connectivity index (χ3v) is 9.07. The van der Waals surface area contributed by atoms with Crippen LogP contribution >= 0.6 is 7.14 Å². The van der Waals surface area contributed by atoms with Crippen molar-refractivity contribution in [1.82, 2.24) is 9.97 Å². The molecule has 3 aromatic carbocycles. The zero-order valence-electron chi connectivity index (χ0n) is 19.6. The summed E-state index contributed by atoms with van der Waals surface area (Å²) >= 11 is 0. The van der Waals surface area contributed by atoms with Crippen LogP contribution < -0.4 is 20.8 Å². The van der Waals surface area contributed by atoms with Crippen molar-refractivity contribution in [3.05, 3.63) is 115 Å². The van der Waals surface area contributed by atoms with Crippen molar-refractivity contribution in [2.24, 2.45) is 0 Å². The molecule has 6 heteroatoms. The summed E-state index contributed by atoms with van der Waals surface area (Å²) in [6, 6.07) is 33.9. The number of aromatic nitrogens is 2. The molecule has 0 fully saturated rings. The largest absolute Gasteiger partial charge is 2.00 e. The van der Waals surface area contributed by atoms with E-state index in [0.717, 1.165) is 38.8 Å². The summed E-state index contributed by atoms with van der Waals surface area (Å²) in [7, 11) is -3.17. The maximum absolute atomic E-state index is 14.8. The minimum atomic E-state index is -3.17. The van der Waals surface area contributed by atoms with E-state index in [1.54, 1.807) is 6.20 Å². The fraction of sp³-hybridized carbons (Fsp3) is 0.0667. The van der Waals surface area contributed by atoms with Gasteiger partial charge in [-0.25, -0.2) is 16.1 Å². The molecule has 0 saturated heterocycles. The Balaban J connectivity index is 0.00000267. The smallest absolute Gasteiger partial charge is 0.460 e. The molecule has 6 rings (SSSR count). The van der Waals surface area contributed by atoms with Crippen molar-refractivity contribution >= 4 is 23.2 Å². The fourth-order valence-corrected chi connectivity index (χ4v) is 7.46. The third kappa shape index (κ3) is 4.15. The van der Waals surface area contributed by atoms with Gasteiger partial charge in [0.25, 0.3) is 0 Å². The SMILES string of the molecule is Cc1ccnc(P2(=O)c3[c-]c(-c4[c-]c(Oc5cccc(C)n5)ccc4)ccc3-c3ccccc32)c1.[Pt+2]. The summed E-state index contributed by atoms with van der Waals surface area (Å²) in [6.45, 7) is 3.91. The van der Waals surface area contributed by atoms with E-state index < -0.39 is 7.14 Å². The number of hydrogen-bond acceptors (Lipinski definition) is 4. The maximum atomic E-state index is 14.8. The van der Waals surface area contributed by atoms with Crippen molar-refractivity contribution in [3.8, 4) is 33.9 Å². The Hall–Kier alpha value is -3.32. The molecular weight excluding hydrogens is 646 g/mol. The van der Waals surface area contributed by atoms with Gasteiger partial charge in [0.05, 0.1) is 0 Å². The molecule has 1 aliphatic heterocycles. The Morgan fingerprint density at radius 3 is 2.44 bits per heavy atom. The van der Waals surface area contributed by atoms with Gasteiger partial charge in [-0.2, -0.15) is 24.3 Å². The van der Waals surface area contributed by atoms with Gasteiger partial charge in [-0.05, 0) is 43.2 Å². The number of nitrogens with zero attached hydrogens (tertiary/aromatic N) is 2. The van der Waals surface area contributed by atoms with E-state index in [-0.39, 0.29) is 21.1 Å². The molecule has 36 heavy (non-hydrogen) atoms. The second kappa shape index (κ2) is 9.62. The predicted molar refractivity (Wildman–Crippen MR) is 140 cm³/mol. The normalized spacial score (nSPS) is 15.5. The van der Waals surface area contributed by atoms with E-state index in [4.69, 9.17) is 4.74 Å². The van der Waals surface area contributed by atoms with Crippen molar-refractivity contribution in [3.63, 3.8) is 0 Å². The molecule has 4 nitrogen and oxygen atoms in total. The van der Waals surface area contributed by atoms with Gasteiger partial charge >= 0.3 is 21.1 Å². The van der Waals surface area contributed by atoms with Gasteiger partial charge in [0, 0.05) is 29.0 Å². The molecule has 0 bridgehead atoms. The quantitative estimate of drug-likeness (QED) is 0.177. The van der Waals surface area contributed by atoms with Crippen molar-refractivity contribution in [1.29, 1.82) is 0 Å². The summed E-state index contributed by atoms with van der Waals surface area (Å²) in [5.41, 5.74) is 6.00. The van der Waals surface area contributed by atoms with Gasteiger partial charge in [-0.15, -0.1) is 18.2 Å². The first-order chi connectivity index (χ1) is 17.0. The number of pyridine rings is 2. The molecule has 2 aromatic heterocycles. The van der Waals surface area contributed by atoms with Crippen LogP contribution in [0.15, 0.2) is 91.1 Å². The molecule has 0 aliphatic carbocycles. The summed E-state index contributed by atoms with van der Waals surface area (Å²) in [5.74, 6) is 1.07. The number of benzene rings is 3. The molecule has 3 heterocycles. The summed E-state index contributed by atoms with van der Waals surface area (Å²) in [5, 5.41) is 1.50. The van der Waals surface area contributed by atoms with E-state index in [2.05, 4.69) is 22.1 Å². The van der Waals surface area contributed by atoms with Crippen LogP contribution in [0.2, 0.25) is 0 Å². The van der Waals surface area contributed by atoms with Crippen molar-refractivity contribution < 1.29 is 30.4 Å². The fourth-order valence-electron chi connectivity index (χ4n) is 4.48. The van der Waals surface area contributed by atoms with Crippen LogP contribution in [0.25, 0.3) is 22.3 Å². The van der Waals surface area contributed by atoms with Gasteiger partial charge in [-0.3, -0.25) is 4.98 Å². The average molecular weight is 668 g/mol. The van der Waals surface area contributed by atoms with E-state index in [1.165, 1.54) is 0 Å². The monoisotopic (exact) mass is 667 g/mol. The zero-order valence-corrected chi connectivity index (χ0v) is 22.8. The number of aryl methyl sites for hydroxylation is 2. The standard InChI is InChI=1S/C30H21N2O2P.Pt/c1-20-15-16-31-30(17-20)35(33)27-11-4-3-10-25(27)26-14-13-23(19-28(26)35)22-8-6-9-24(18-22)34-29-12-5-7-21(2)32-29;/h3-17H,1-2H3;/q-2;+2. The Morgan fingerprint density at radius 2 is 1.61 bits per heavy atom. The Labute approximate surface area is 225 Å². The Morgan fingerprint density at radius 1 is 0.806 bits per heavy atom. The first-order valence-electron chi connectivity index (χ1n) is 11.4. The number of fused-ring (bicyclic) bond motifs is 3. The average Bonchev–Trinajstić information content (AvgIpc) is 3.13. The van der Waals surface area contributed by atoms with Crippen LogP contribution in [0.5, 0.6) is 11.6 Å². The second-order valence-electron chi connectivity index (χ2n) is 8.60. The van der Waals surface area contributed by atoms with E-state index >= 15 is 0 Å². The number of ether oxygens (including phenoxy) is 1. The second-order valence-corrected chi connectivity index (χ2v) is 11.2. The third-order valence-electron chi connectivity index (χ3n) is 6.13. The Kier molecular flexibility index (Phi) is 6.51. The van der Waals surface area contributed by atoms with Crippen molar-refractivity contribution in [2.75, 3.05) is 0 Å². The van der Waals surface area contributed by atoms with Gasteiger partial charge < -0.3 is 9.30 Å². The molecule has 178 valence electrons. The van der Waals surface area contributed by atoms with E-state index in [0.29, 0.717) is 22.4 Å². The summed E-state index contributed by atoms with van der Waals surface area (Å²) < 4.78 is 20.7. The topological polar surface area (TPSA) is 52.1 Å². The molecule has 0 amide bonds. The minimum absolute atomic E-state index is 0. The molecule has 0 saturated carbocycles. The number of hydrogen-bond donors (Lipinski definition) is 0. The predicted octanol–water partition coefficient (Wildman–Crippen LogP) is 5.77. The summed E-state index contributed by atoms with van der Waals surface area (Å²) in [4.78, 5) is 8.95. The molecule has 1 unspecified atom stereocenters. The van der Waals surface area contributed by atoms with Gasteiger partial charge in [0.1, 0.15) is 5.44 Å². The van der Waals surface area contributed by atoms with Crippen LogP contribution in [0, 0.1) is 26.0 Å². The van der Waals surface area contributed by atoms with Crippen molar-refractivity contribution in [2.45, 2.75) is 13.8 Å². The van der Waals surface area contributed by atoms with Gasteiger partial charge in [0.2, 0.25) is 5.88 Å². The molecule has 1 aliphatic rings. The van der Waals surface area contributed by atoms with Gasteiger partial charge in [0.15, 0.2) is 7.14 Å². The van der Waals surface area contributed by atoms with Crippen LogP contribution in [0.4, 0.5) is 0 Å². The first kappa shape index (κ1) is 24.4. The zero-order chi connectivity index (χ0) is 24.0. The van der Waals surface area contributed by atoms with E-state index in [9.17, 15) is 4.57 Å². The maximum Gasteiger partial charge on any atom is 2.00 e. The van der Waals surface area contributed by atoms with Gasteiger partial charge in [-0.1, -0.05) is 41.2 Å². The molecule has 0 spiro atoms.